The summed E-state index contributed by atoms with van der Waals surface area (Å²) < 4.78 is 13.3. The minimum atomic E-state index is -0.219. The standard InChI is InChI=1S/C19H22FN3O/c1-14-10-16(2-3-18(14)20)12-22-19(24)23-9-6-17(13-23)11-15-4-7-21-8-5-15/h2-5,7-8,10,17H,6,9,11-13H2,1H3,(H,22,24). The van der Waals surface area contributed by atoms with E-state index in [0.29, 0.717) is 18.0 Å². The fourth-order valence-electron chi connectivity index (χ4n) is 3.14. The zero-order valence-corrected chi connectivity index (χ0v) is 13.8. The number of nitrogens with zero attached hydrogens (tertiary/aromatic N) is 2. The van der Waals surface area contributed by atoms with Crippen molar-refractivity contribution in [1.82, 2.24) is 15.2 Å². The maximum absolute atomic E-state index is 13.3. The van der Waals surface area contributed by atoms with Crippen molar-refractivity contribution in [2.45, 2.75) is 26.3 Å². The summed E-state index contributed by atoms with van der Waals surface area (Å²) in [5.74, 6) is 0.273. The summed E-state index contributed by atoms with van der Waals surface area (Å²) >= 11 is 0. The predicted octanol–water partition coefficient (Wildman–Crippen LogP) is 3.30. The minimum Gasteiger partial charge on any atom is -0.334 e. The molecule has 0 saturated carbocycles. The number of carbonyl (C=O) groups is 1. The lowest BCUT2D eigenvalue weighted by Gasteiger charge is -2.17. The second kappa shape index (κ2) is 7.43. The monoisotopic (exact) mass is 327 g/mol. The van der Waals surface area contributed by atoms with E-state index >= 15 is 0 Å². The van der Waals surface area contributed by atoms with Gasteiger partial charge in [0.25, 0.3) is 0 Å². The van der Waals surface area contributed by atoms with Gasteiger partial charge in [0.15, 0.2) is 0 Å². The van der Waals surface area contributed by atoms with Crippen LogP contribution in [0.25, 0.3) is 0 Å². The van der Waals surface area contributed by atoms with Gasteiger partial charge < -0.3 is 10.2 Å². The van der Waals surface area contributed by atoms with E-state index in [2.05, 4.69) is 10.3 Å². The van der Waals surface area contributed by atoms with Crippen molar-refractivity contribution >= 4 is 6.03 Å². The first-order chi connectivity index (χ1) is 11.6. The quantitative estimate of drug-likeness (QED) is 0.936. The van der Waals surface area contributed by atoms with Crippen LogP contribution in [0.3, 0.4) is 0 Å². The molecule has 1 unspecified atom stereocenters. The van der Waals surface area contributed by atoms with Crippen LogP contribution < -0.4 is 5.32 Å². The van der Waals surface area contributed by atoms with Crippen LogP contribution in [0.5, 0.6) is 0 Å². The van der Waals surface area contributed by atoms with E-state index in [1.807, 2.05) is 17.0 Å². The number of halogens is 1. The average Bonchev–Trinajstić information content (AvgIpc) is 3.05. The van der Waals surface area contributed by atoms with Gasteiger partial charge in [0, 0.05) is 32.0 Å². The highest BCUT2D eigenvalue weighted by Crippen LogP contribution is 2.20. The Morgan fingerprint density at radius 2 is 2.08 bits per heavy atom. The Labute approximate surface area is 141 Å². The van der Waals surface area contributed by atoms with Crippen molar-refractivity contribution in [2.75, 3.05) is 13.1 Å². The molecule has 126 valence electrons. The number of likely N-dealkylation sites (tertiary alicyclic amines) is 1. The van der Waals surface area contributed by atoms with Crippen molar-refractivity contribution < 1.29 is 9.18 Å². The van der Waals surface area contributed by atoms with Crippen LogP contribution in [0.2, 0.25) is 0 Å². The van der Waals surface area contributed by atoms with Gasteiger partial charge in [0.1, 0.15) is 5.82 Å². The minimum absolute atomic E-state index is 0.0470. The molecule has 4 nitrogen and oxygen atoms in total. The first-order valence-corrected chi connectivity index (χ1v) is 8.28. The third-order valence-electron chi connectivity index (χ3n) is 4.51. The summed E-state index contributed by atoms with van der Waals surface area (Å²) in [6.07, 6.45) is 5.60. The van der Waals surface area contributed by atoms with Gasteiger partial charge >= 0.3 is 6.03 Å². The zero-order valence-electron chi connectivity index (χ0n) is 13.8. The molecule has 1 atom stereocenters. The first kappa shape index (κ1) is 16.4. The smallest absolute Gasteiger partial charge is 0.317 e. The number of hydrogen-bond donors (Lipinski definition) is 1. The van der Waals surface area contributed by atoms with E-state index in [-0.39, 0.29) is 11.8 Å². The number of amides is 2. The van der Waals surface area contributed by atoms with E-state index in [9.17, 15) is 9.18 Å². The van der Waals surface area contributed by atoms with Gasteiger partial charge in [-0.05, 0) is 60.6 Å². The highest BCUT2D eigenvalue weighted by atomic mass is 19.1. The molecule has 0 bridgehead atoms. The van der Waals surface area contributed by atoms with Crippen molar-refractivity contribution in [3.05, 3.63) is 65.2 Å². The molecule has 1 saturated heterocycles. The van der Waals surface area contributed by atoms with Gasteiger partial charge in [-0.2, -0.15) is 0 Å². The van der Waals surface area contributed by atoms with Gasteiger partial charge in [-0.25, -0.2) is 9.18 Å². The van der Waals surface area contributed by atoms with Crippen LogP contribution in [0, 0.1) is 18.7 Å². The van der Waals surface area contributed by atoms with Gasteiger partial charge in [0.2, 0.25) is 0 Å². The number of carbonyl (C=O) groups excluding carboxylic acids is 1. The molecular formula is C19H22FN3O. The van der Waals surface area contributed by atoms with Crippen molar-refractivity contribution in [3.63, 3.8) is 0 Å². The van der Waals surface area contributed by atoms with E-state index in [1.165, 1.54) is 11.6 Å². The number of nitrogens with one attached hydrogen (secondary N) is 1. The number of pyridine rings is 1. The summed E-state index contributed by atoms with van der Waals surface area (Å²) in [5.41, 5.74) is 2.77. The lowest BCUT2D eigenvalue weighted by molar-refractivity contribution is 0.206. The first-order valence-electron chi connectivity index (χ1n) is 8.28. The molecule has 1 fully saturated rings. The van der Waals surface area contributed by atoms with E-state index in [1.54, 1.807) is 31.5 Å². The molecule has 1 aliphatic heterocycles. The highest BCUT2D eigenvalue weighted by molar-refractivity contribution is 5.74. The molecule has 1 aromatic carbocycles. The van der Waals surface area contributed by atoms with E-state index < -0.39 is 0 Å². The Kier molecular flexibility index (Phi) is 5.08. The normalized spacial score (nSPS) is 17.1. The highest BCUT2D eigenvalue weighted by Gasteiger charge is 2.26. The molecule has 2 heterocycles. The molecule has 2 amide bonds. The zero-order chi connectivity index (χ0) is 16.9. The topological polar surface area (TPSA) is 45.2 Å². The molecule has 1 aliphatic rings. The lowest BCUT2D eigenvalue weighted by atomic mass is 10.00. The fraction of sp³-hybridized carbons (Fsp3) is 0.368. The van der Waals surface area contributed by atoms with Gasteiger partial charge in [-0.1, -0.05) is 12.1 Å². The van der Waals surface area contributed by atoms with Crippen molar-refractivity contribution in [3.8, 4) is 0 Å². The third-order valence-corrected chi connectivity index (χ3v) is 4.51. The second-order valence-electron chi connectivity index (χ2n) is 6.40. The molecule has 1 aromatic heterocycles. The number of aryl methyl sites for hydroxylation is 1. The number of hydrogen-bond acceptors (Lipinski definition) is 2. The molecule has 0 radical (unpaired) electrons. The Bertz CT molecular complexity index is 705. The van der Waals surface area contributed by atoms with E-state index in [4.69, 9.17) is 0 Å². The van der Waals surface area contributed by atoms with Gasteiger partial charge in [-0.15, -0.1) is 0 Å². The molecule has 1 N–H and O–H groups in total. The number of aromatic nitrogens is 1. The maximum atomic E-state index is 13.3. The van der Waals surface area contributed by atoms with Crippen LogP contribution in [0.15, 0.2) is 42.7 Å². The van der Waals surface area contributed by atoms with Gasteiger partial charge in [0.05, 0.1) is 0 Å². The summed E-state index contributed by atoms with van der Waals surface area (Å²) in [4.78, 5) is 18.2. The van der Waals surface area contributed by atoms with Crippen molar-refractivity contribution in [2.24, 2.45) is 5.92 Å². The van der Waals surface area contributed by atoms with Crippen LogP contribution in [0.1, 0.15) is 23.1 Å². The second-order valence-corrected chi connectivity index (χ2v) is 6.40. The third kappa shape index (κ3) is 4.10. The largest absolute Gasteiger partial charge is 0.334 e. The molecule has 24 heavy (non-hydrogen) atoms. The molecule has 0 spiro atoms. The summed E-state index contributed by atoms with van der Waals surface area (Å²) in [6, 6.07) is 8.93. The summed E-state index contributed by atoms with van der Waals surface area (Å²) in [6.45, 7) is 3.71. The number of rotatable bonds is 4. The van der Waals surface area contributed by atoms with Crippen LogP contribution in [-0.2, 0) is 13.0 Å². The molecular weight excluding hydrogens is 305 g/mol. The molecule has 3 rings (SSSR count). The summed E-state index contributed by atoms with van der Waals surface area (Å²) in [7, 11) is 0. The molecule has 5 heteroatoms. The van der Waals surface area contributed by atoms with Gasteiger partial charge in [-0.3, -0.25) is 4.98 Å². The van der Waals surface area contributed by atoms with Crippen LogP contribution >= 0.6 is 0 Å². The Morgan fingerprint density at radius 3 is 2.83 bits per heavy atom. The Hall–Kier alpha value is -2.43. The summed E-state index contributed by atoms with van der Waals surface area (Å²) in [5, 5.41) is 2.93. The van der Waals surface area contributed by atoms with Crippen molar-refractivity contribution in [1.29, 1.82) is 0 Å². The van der Waals surface area contributed by atoms with Crippen LogP contribution in [0.4, 0.5) is 9.18 Å². The van der Waals surface area contributed by atoms with E-state index in [0.717, 1.165) is 31.5 Å². The number of urea groups is 1. The Balaban J connectivity index is 1.48. The SMILES string of the molecule is Cc1cc(CNC(=O)N2CCC(Cc3ccncc3)C2)ccc1F. The maximum Gasteiger partial charge on any atom is 0.317 e. The number of benzene rings is 1. The predicted molar refractivity (Wildman–Crippen MR) is 91.0 cm³/mol. The molecule has 2 aromatic rings. The van der Waals surface area contributed by atoms with Crippen LogP contribution in [-0.4, -0.2) is 29.0 Å². The fourth-order valence-corrected chi connectivity index (χ4v) is 3.14. The lowest BCUT2D eigenvalue weighted by Crippen LogP contribution is -2.38. The average molecular weight is 327 g/mol. The molecule has 0 aliphatic carbocycles. The Morgan fingerprint density at radius 1 is 1.29 bits per heavy atom.